The fourth-order valence-electron chi connectivity index (χ4n) is 1.04. The van der Waals surface area contributed by atoms with E-state index in [0.29, 0.717) is 6.54 Å². The molecule has 4 nitrogen and oxygen atoms in total. The molecule has 0 aliphatic heterocycles. The van der Waals surface area contributed by atoms with Crippen molar-refractivity contribution in [3.8, 4) is 0 Å². The molecule has 0 aliphatic rings. The molecule has 0 N–H and O–H groups in total. The van der Waals surface area contributed by atoms with Crippen LogP contribution < -0.4 is 0 Å². The van der Waals surface area contributed by atoms with Crippen LogP contribution in [0.4, 0.5) is 0 Å². The maximum atomic E-state index is 9.88. The highest BCUT2D eigenvalue weighted by atomic mass is 32.1. The lowest BCUT2D eigenvalue weighted by Crippen LogP contribution is -1.79. The molecule has 1 aromatic carbocycles. The fraction of sp³-hybridized carbons (Fsp3) is 0.125. The Morgan fingerprint density at radius 2 is 2.46 bits per heavy atom. The molecule has 0 aliphatic carbocycles. The fourth-order valence-corrected chi connectivity index (χ4v) is 1.67. The van der Waals surface area contributed by atoms with Crippen LogP contribution in [0.1, 0.15) is 5.56 Å². The summed E-state index contributed by atoms with van der Waals surface area (Å²) in [5.74, 6) is 0. The molecule has 1 aromatic heterocycles. The van der Waals surface area contributed by atoms with E-state index in [1.54, 1.807) is 0 Å². The Labute approximate surface area is 78.1 Å². The molecular formula is C8H5N3OS. The van der Waals surface area contributed by atoms with Gasteiger partial charge in [-0.25, -0.2) is 9.79 Å². The van der Waals surface area contributed by atoms with E-state index in [1.165, 1.54) is 17.6 Å². The van der Waals surface area contributed by atoms with Crippen molar-refractivity contribution in [3.63, 3.8) is 0 Å². The van der Waals surface area contributed by atoms with Gasteiger partial charge in [-0.2, -0.15) is 0 Å². The molecule has 1 heterocycles. The van der Waals surface area contributed by atoms with E-state index in [1.807, 2.05) is 18.2 Å². The standard InChI is InChI=1S/C8H5N3OS/c12-5-9-4-6-1-2-7-8(3-6)13-11-10-7/h1-3H,4H2. The van der Waals surface area contributed by atoms with Crippen molar-refractivity contribution in [1.29, 1.82) is 0 Å². The highest BCUT2D eigenvalue weighted by molar-refractivity contribution is 7.12. The van der Waals surface area contributed by atoms with Crippen molar-refractivity contribution in [2.45, 2.75) is 6.54 Å². The zero-order valence-electron chi connectivity index (χ0n) is 6.60. The average Bonchev–Trinajstić information content (AvgIpc) is 2.61. The summed E-state index contributed by atoms with van der Waals surface area (Å²) in [6.45, 7) is 0.372. The van der Waals surface area contributed by atoms with Gasteiger partial charge in [0.15, 0.2) is 0 Å². The predicted octanol–water partition coefficient (Wildman–Crippen LogP) is 1.53. The minimum absolute atomic E-state index is 0.372. The number of benzene rings is 1. The summed E-state index contributed by atoms with van der Waals surface area (Å²) in [5, 5.41) is 3.90. The van der Waals surface area contributed by atoms with Crippen LogP contribution in [0.25, 0.3) is 10.2 Å². The molecule has 0 fully saturated rings. The number of fused-ring (bicyclic) bond motifs is 1. The lowest BCUT2D eigenvalue weighted by Gasteiger charge is -1.92. The van der Waals surface area contributed by atoms with Crippen molar-refractivity contribution in [1.82, 2.24) is 9.59 Å². The van der Waals surface area contributed by atoms with E-state index in [9.17, 15) is 4.79 Å². The molecule has 0 unspecified atom stereocenters. The first kappa shape index (κ1) is 8.04. The van der Waals surface area contributed by atoms with Crippen LogP contribution in [-0.2, 0) is 11.3 Å². The van der Waals surface area contributed by atoms with Gasteiger partial charge in [0.1, 0.15) is 5.52 Å². The first-order chi connectivity index (χ1) is 6.40. The predicted molar refractivity (Wildman–Crippen MR) is 49.2 cm³/mol. The van der Waals surface area contributed by atoms with Crippen LogP contribution >= 0.6 is 11.5 Å². The molecule has 5 heteroatoms. The molecule has 2 aromatic rings. The van der Waals surface area contributed by atoms with Gasteiger partial charge >= 0.3 is 0 Å². The van der Waals surface area contributed by atoms with Gasteiger partial charge in [-0.15, -0.1) is 5.10 Å². The zero-order valence-corrected chi connectivity index (χ0v) is 7.41. The topological polar surface area (TPSA) is 55.2 Å². The minimum Gasteiger partial charge on any atom is -0.211 e. The number of rotatable bonds is 2. The van der Waals surface area contributed by atoms with E-state index in [0.717, 1.165) is 15.8 Å². The SMILES string of the molecule is O=C=NCc1ccc2nnsc2c1. The minimum atomic E-state index is 0.372. The monoisotopic (exact) mass is 191 g/mol. The summed E-state index contributed by atoms with van der Waals surface area (Å²) < 4.78 is 4.82. The molecule has 2 rings (SSSR count). The highest BCUT2D eigenvalue weighted by Gasteiger charge is 1.98. The first-order valence-corrected chi connectivity index (χ1v) is 4.42. The maximum absolute atomic E-state index is 9.88. The normalized spacial score (nSPS) is 9.85. The molecule has 64 valence electrons. The number of hydrogen-bond acceptors (Lipinski definition) is 5. The molecule has 0 spiro atoms. The highest BCUT2D eigenvalue weighted by Crippen LogP contribution is 2.17. The number of aliphatic imine (C=N–C) groups is 1. The number of hydrogen-bond donors (Lipinski definition) is 0. The van der Waals surface area contributed by atoms with Crippen molar-refractivity contribution in [2.24, 2.45) is 4.99 Å². The molecular weight excluding hydrogens is 186 g/mol. The third-order valence-corrected chi connectivity index (χ3v) is 2.33. The zero-order chi connectivity index (χ0) is 9.10. The van der Waals surface area contributed by atoms with Crippen LogP contribution in [0.15, 0.2) is 23.2 Å². The molecule has 0 radical (unpaired) electrons. The lowest BCUT2D eigenvalue weighted by molar-refractivity contribution is 0.563. The Bertz CT molecular complexity index is 473. The largest absolute Gasteiger partial charge is 0.235 e. The molecule has 0 saturated heterocycles. The van der Waals surface area contributed by atoms with Gasteiger partial charge in [-0.3, -0.25) is 0 Å². The Kier molecular flexibility index (Phi) is 2.12. The third kappa shape index (κ3) is 1.61. The van der Waals surface area contributed by atoms with Crippen molar-refractivity contribution in [3.05, 3.63) is 23.8 Å². The van der Waals surface area contributed by atoms with Gasteiger partial charge < -0.3 is 0 Å². The number of isocyanates is 1. The summed E-state index contributed by atoms with van der Waals surface area (Å²) >= 11 is 1.33. The van der Waals surface area contributed by atoms with E-state index in [4.69, 9.17) is 0 Å². The molecule has 0 saturated carbocycles. The second-order valence-electron chi connectivity index (χ2n) is 2.48. The summed E-state index contributed by atoms with van der Waals surface area (Å²) in [7, 11) is 0. The van der Waals surface area contributed by atoms with Crippen molar-refractivity contribution < 1.29 is 4.79 Å². The quantitative estimate of drug-likeness (QED) is 0.534. The third-order valence-electron chi connectivity index (χ3n) is 1.64. The molecule has 0 atom stereocenters. The first-order valence-electron chi connectivity index (χ1n) is 3.65. The average molecular weight is 191 g/mol. The van der Waals surface area contributed by atoms with Crippen LogP contribution in [-0.4, -0.2) is 15.7 Å². The maximum Gasteiger partial charge on any atom is 0.235 e. The second kappa shape index (κ2) is 3.43. The Balaban J connectivity index is 2.42. The van der Waals surface area contributed by atoms with Crippen LogP contribution in [0.3, 0.4) is 0 Å². The Morgan fingerprint density at radius 3 is 3.31 bits per heavy atom. The summed E-state index contributed by atoms with van der Waals surface area (Å²) in [5.41, 5.74) is 1.85. The summed E-state index contributed by atoms with van der Waals surface area (Å²) in [6.07, 6.45) is 1.51. The van der Waals surface area contributed by atoms with Gasteiger partial charge in [0.2, 0.25) is 6.08 Å². The second-order valence-corrected chi connectivity index (χ2v) is 3.27. The Morgan fingerprint density at radius 1 is 1.54 bits per heavy atom. The molecule has 13 heavy (non-hydrogen) atoms. The molecule has 0 amide bonds. The van der Waals surface area contributed by atoms with Crippen LogP contribution in [0.5, 0.6) is 0 Å². The van der Waals surface area contributed by atoms with Crippen LogP contribution in [0, 0.1) is 0 Å². The van der Waals surface area contributed by atoms with E-state index in [2.05, 4.69) is 14.6 Å². The number of aromatic nitrogens is 2. The van der Waals surface area contributed by atoms with Gasteiger partial charge in [0.25, 0.3) is 0 Å². The van der Waals surface area contributed by atoms with Gasteiger partial charge in [0, 0.05) is 0 Å². The number of nitrogens with zero attached hydrogens (tertiary/aromatic N) is 3. The lowest BCUT2D eigenvalue weighted by atomic mass is 10.2. The number of carbonyl (C=O) groups excluding carboxylic acids is 1. The summed E-state index contributed by atoms with van der Waals surface area (Å²) in [6, 6.07) is 5.68. The Hall–Kier alpha value is -1.58. The van der Waals surface area contributed by atoms with Crippen molar-refractivity contribution >= 4 is 27.8 Å². The van der Waals surface area contributed by atoms with Crippen molar-refractivity contribution in [2.75, 3.05) is 0 Å². The van der Waals surface area contributed by atoms with E-state index < -0.39 is 0 Å². The van der Waals surface area contributed by atoms with E-state index >= 15 is 0 Å². The van der Waals surface area contributed by atoms with Gasteiger partial charge in [-0.05, 0) is 29.2 Å². The van der Waals surface area contributed by atoms with E-state index in [-0.39, 0.29) is 0 Å². The molecule has 0 bridgehead atoms. The van der Waals surface area contributed by atoms with Gasteiger partial charge in [0.05, 0.1) is 11.2 Å². The summed E-state index contributed by atoms with van der Waals surface area (Å²) in [4.78, 5) is 13.4. The van der Waals surface area contributed by atoms with Crippen LogP contribution in [0.2, 0.25) is 0 Å². The van der Waals surface area contributed by atoms with Gasteiger partial charge in [-0.1, -0.05) is 10.6 Å². The smallest absolute Gasteiger partial charge is 0.211 e.